The maximum Gasteiger partial charge on any atom is 0.253 e. The molecule has 2 aromatic carbocycles. The molecule has 7 nitrogen and oxygen atoms in total. The maximum atomic E-state index is 12.6. The molecule has 7 heteroatoms. The van der Waals surface area contributed by atoms with E-state index in [0.29, 0.717) is 22.7 Å². The lowest BCUT2D eigenvalue weighted by Gasteiger charge is -2.15. The number of carbonyl (C=O) groups is 2. The molecule has 0 radical (unpaired) electrons. The number of likely N-dealkylation sites (tertiary alicyclic amines) is 1. The Balaban J connectivity index is 1.56. The lowest BCUT2D eigenvalue weighted by Crippen LogP contribution is -2.32. The van der Waals surface area contributed by atoms with Crippen molar-refractivity contribution in [3.63, 3.8) is 0 Å². The maximum absolute atomic E-state index is 12.6. The van der Waals surface area contributed by atoms with Crippen LogP contribution in [0.2, 0.25) is 0 Å². The van der Waals surface area contributed by atoms with E-state index in [0.717, 1.165) is 42.6 Å². The molecule has 1 saturated heterocycles. The first-order valence-corrected chi connectivity index (χ1v) is 10.9. The Kier molecular flexibility index (Phi) is 6.37. The first-order valence-electron chi connectivity index (χ1n) is 10.9. The van der Waals surface area contributed by atoms with E-state index in [1.807, 2.05) is 47.4 Å². The van der Waals surface area contributed by atoms with Gasteiger partial charge in [-0.2, -0.15) is 0 Å². The van der Waals surface area contributed by atoms with Crippen LogP contribution in [0, 0.1) is 0 Å². The Bertz CT molecular complexity index is 1080. The van der Waals surface area contributed by atoms with Crippen molar-refractivity contribution in [3.05, 3.63) is 59.2 Å². The summed E-state index contributed by atoms with van der Waals surface area (Å²) >= 11 is 0. The van der Waals surface area contributed by atoms with Gasteiger partial charge < -0.3 is 21.1 Å². The second-order valence-corrected chi connectivity index (χ2v) is 8.36. The average Bonchev–Trinajstić information content (AvgIpc) is 3.26. The van der Waals surface area contributed by atoms with Crippen LogP contribution in [0.1, 0.15) is 42.1 Å². The van der Waals surface area contributed by atoms with Crippen LogP contribution in [0.3, 0.4) is 0 Å². The number of aliphatic hydroxyl groups is 1. The highest BCUT2D eigenvalue weighted by molar-refractivity contribution is 6.05. The summed E-state index contributed by atoms with van der Waals surface area (Å²) in [6, 6.07) is 13.4. The molecule has 1 unspecified atom stereocenters. The molecule has 4 N–H and O–H groups in total. The average molecular weight is 433 g/mol. The van der Waals surface area contributed by atoms with Gasteiger partial charge in [-0.3, -0.25) is 9.59 Å². The van der Waals surface area contributed by atoms with E-state index in [2.05, 4.69) is 10.3 Å². The van der Waals surface area contributed by atoms with Gasteiger partial charge in [0, 0.05) is 42.8 Å². The number of fused-ring (bicyclic) bond motifs is 1. The first kappa shape index (κ1) is 21.8. The van der Waals surface area contributed by atoms with E-state index in [1.165, 1.54) is 0 Å². The molecule has 1 fully saturated rings. The molecule has 2 amide bonds. The van der Waals surface area contributed by atoms with Crippen LogP contribution in [0.4, 0.5) is 5.69 Å². The summed E-state index contributed by atoms with van der Waals surface area (Å²) in [5.41, 5.74) is 10.7. The van der Waals surface area contributed by atoms with Crippen LogP contribution in [-0.2, 0) is 4.79 Å². The van der Waals surface area contributed by atoms with Crippen LogP contribution < -0.4 is 11.1 Å². The highest BCUT2D eigenvalue weighted by Gasteiger charge is 2.20. The van der Waals surface area contributed by atoms with E-state index < -0.39 is 6.10 Å². The number of hydrogen-bond acceptors (Lipinski definition) is 5. The zero-order valence-corrected chi connectivity index (χ0v) is 18.2. The van der Waals surface area contributed by atoms with Crippen LogP contribution in [0.5, 0.6) is 0 Å². The monoisotopic (exact) mass is 432 g/mol. The fourth-order valence-electron chi connectivity index (χ4n) is 3.98. The molecule has 1 atom stereocenters. The highest BCUT2D eigenvalue weighted by Crippen LogP contribution is 2.32. The minimum Gasteiger partial charge on any atom is -0.392 e. The number of nitrogens with two attached hydrogens (primary N) is 1. The number of amides is 2. The van der Waals surface area contributed by atoms with Crippen molar-refractivity contribution in [1.29, 1.82) is 0 Å². The van der Waals surface area contributed by atoms with Crippen molar-refractivity contribution >= 4 is 29.4 Å². The van der Waals surface area contributed by atoms with E-state index >= 15 is 0 Å². The minimum absolute atomic E-state index is 0.0832. The number of rotatable bonds is 5. The predicted octanol–water partition coefficient (Wildman–Crippen LogP) is 2.86. The number of benzene rings is 2. The van der Waals surface area contributed by atoms with Gasteiger partial charge in [0.1, 0.15) is 5.84 Å². The summed E-state index contributed by atoms with van der Waals surface area (Å²) in [7, 11) is 0. The van der Waals surface area contributed by atoms with Crippen molar-refractivity contribution < 1.29 is 14.7 Å². The predicted molar refractivity (Wildman–Crippen MR) is 126 cm³/mol. The summed E-state index contributed by atoms with van der Waals surface area (Å²) in [5, 5.41) is 12.1. The summed E-state index contributed by atoms with van der Waals surface area (Å²) in [6.07, 6.45) is 3.55. The number of carbonyl (C=O) groups excluding carboxylic acids is 2. The van der Waals surface area contributed by atoms with Crippen LogP contribution in [-0.4, -0.2) is 53.4 Å². The van der Waals surface area contributed by atoms with Crippen molar-refractivity contribution in [1.82, 2.24) is 10.2 Å². The molecule has 0 aliphatic carbocycles. The van der Waals surface area contributed by atoms with Crippen molar-refractivity contribution in [2.75, 3.05) is 19.6 Å². The molecule has 2 aliphatic heterocycles. The summed E-state index contributed by atoms with van der Waals surface area (Å²) in [5.74, 6) is 0.171. The molecular formula is C25H28N4O3. The van der Waals surface area contributed by atoms with Crippen molar-refractivity contribution in [2.24, 2.45) is 10.7 Å². The quantitative estimate of drug-likeness (QED) is 0.675. The highest BCUT2D eigenvalue weighted by atomic mass is 16.3. The third kappa shape index (κ3) is 4.89. The fraction of sp³-hybridized carbons (Fsp3) is 0.320. The number of aliphatic hydroxyl groups excluding tert-OH is 1. The van der Waals surface area contributed by atoms with Crippen molar-refractivity contribution in [2.45, 2.75) is 32.3 Å². The number of nitrogens with zero attached hydrogens (tertiary/aromatic N) is 2. The molecule has 0 bridgehead atoms. The molecule has 0 saturated carbocycles. The molecule has 2 heterocycles. The smallest absolute Gasteiger partial charge is 0.253 e. The molecular weight excluding hydrogens is 404 g/mol. The standard InChI is InChI=1S/C25H28N4O3/c1-16(30)15-27-24(31)21-12-20-9-8-19(13-22(20)28-23(26)14-21)17-4-6-18(7-5-17)25(32)29-10-2-3-11-29/h4-9,12-13,16,30H,2-3,10-11,14-15H2,1H3,(H2,26,28)(H,27,31). The molecule has 32 heavy (non-hydrogen) atoms. The van der Waals surface area contributed by atoms with E-state index in [-0.39, 0.29) is 24.8 Å². The van der Waals surface area contributed by atoms with E-state index in [4.69, 9.17) is 5.73 Å². The lowest BCUT2D eigenvalue weighted by atomic mass is 10.00. The number of aliphatic imine (C=N–C) groups is 1. The van der Waals surface area contributed by atoms with Gasteiger partial charge in [-0.05, 0) is 55.2 Å². The second kappa shape index (κ2) is 9.36. The normalized spacial score (nSPS) is 16.5. The Morgan fingerprint density at radius 2 is 1.81 bits per heavy atom. The minimum atomic E-state index is -0.622. The zero-order chi connectivity index (χ0) is 22.7. The van der Waals surface area contributed by atoms with Gasteiger partial charge in [-0.1, -0.05) is 24.3 Å². The summed E-state index contributed by atoms with van der Waals surface area (Å²) < 4.78 is 0. The topological polar surface area (TPSA) is 108 Å². The van der Waals surface area contributed by atoms with Crippen LogP contribution >= 0.6 is 0 Å². The van der Waals surface area contributed by atoms with Crippen molar-refractivity contribution in [3.8, 4) is 11.1 Å². The number of nitrogens with one attached hydrogen (secondary N) is 1. The van der Waals surface area contributed by atoms with Gasteiger partial charge in [0.2, 0.25) is 5.91 Å². The molecule has 2 aliphatic rings. The summed E-state index contributed by atoms with van der Waals surface area (Å²) in [6.45, 7) is 3.45. The van der Waals surface area contributed by atoms with Gasteiger partial charge in [0.15, 0.2) is 0 Å². The Morgan fingerprint density at radius 3 is 2.50 bits per heavy atom. The van der Waals surface area contributed by atoms with Crippen LogP contribution in [0.15, 0.2) is 53.0 Å². The molecule has 166 valence electrons. The van der Waals surface area contributed by atoms with Gasteiger partial charge >= 0.3 is 0 Å². The molecule has 0 spiro atoms. The number of amidine groups is 1. The van der Waals surface area contributed by atoms with Gasteiger partial charge in [0.05, 0.1) is 11.8 Å². The fourth-order valence-corrected chi connectivity index (χ4v) is 3.98. The Hall–Kier alpha value is -3.45. The molecule has 4 rings (SSSR count). The Morgan fingerprint density at radius 1 is 1.12 bits per heavy atom. The lowest BCUT2D eigenvalue weighted by molar-refractivity contribution is -0.117. The Labute approximate surface area is 187 Å². The second-order valence-electron chi connectivity index (χ2n) is 8.36. The zero-order valence-electron chi connectivity index (χ0n) is 18.2. The van der Waals surface area contributed by atoms with Gasteiger partial charge in [0.25, 0.3) is 5.91 Å². The first-order chi connectivity index (χ1) is 15.4. The molecule has 0 aromatic heterocycles. The third-order valence-electron chi connectivity index (χ3n) is 5.70. The summed E-state index contributed by atoms with van der Waals surface area (Å²) in [4.78, 5) is 31.4. The number of hydrogen-bond donors (Lipinski definition) is 3. The third-order valence-corrected chi connectivity index (χ3v) is 5.70. The van der Waals surface area contributed by atoms with Crippen LogP contribution in [0.25, 0.3) is 17.2 Å². The molecule has 2 aromatic rings. The van der Waals surface area contributed by atoms with Gasteiger partial charge in [-0.15, -0.1) is 0 Å². The largest absolute Gasteiger partial charge is 0.392 e. The SMILES string of the molecule is CC(O)CNC(=O)C1=Cc2ccc(-c3ccc(C(=O)N4CCCC4)cc3)cc2N=C(N)C1. The van der Waals surface area contributed by atoms with E-state index in [1.54, 1.807) is 13.0 Å². The van der Waals surface area contributed by atoms with E-state index in [9.17, 15) is 14.7 Å². The van der Waals surface area contributed by atoms with Gasteiger partial charge in [-0.25, -0.2) is 4.99 Å².